The van der Waals surface area contributed by atoms with Crippen molar-refractivity contribution in [3.8, 4) is 6.07 Å². The van der Waals surface area contributed by atoms with Crippen molar-refractivity contribution in [2.24, 2.45) is 0 Å². The maximum atomic E-state index is 13.0. The van der Waals surface area contributed by atoms with Crippen LogP contribution in [0.25, 0.3) is 10.8 Å². The average Bonchev–Trinajstić information content (AvgIpc) is 3.30. The lowest BCUT2D eigenvalue weighted by Gasteiger charge is -2.10. The van der Waals surface area contributed by atoms with E-state index in [1.54, 1.807) is 36.4 Å². The second kappa shape index (κ2) is 10.4. The van der Waals surface area contributed by atoms with Crippen molar-refractivity contribution in [3.05, 3.63) is 75.7 Å². The Labute approximate surface area is 198 Å². The van der Waals surface area contributed by atoms with E-state index in [1.807, 2.05) is 19.1 Å². The molecule has 1 N–H and O–H groups in total. The fraction of sp³-hybridized carbons (Fsp3) is 0.217. The molecule has 4 rings (SSSR count). The molecule has 4 aromatic rings. The SMILES string of the molecule is CCCCn1nc(C(=O)Nc2nnc(SCc3ccc(C#N)cc3)s2)c2ccccc2c1=O. The van der Waals surface area contributed by atoms with Crippen LogP contribution in [0.3, 0.4) is 0 Å². The van der Waals surface area contributed by atoms with Crippen molar-refractivity contribution in [1.29, 1.82) is 5.26 Å². The Morgan fingerprint density at radius 2 is 1.91 bits per heavy atom. The molecular weight excluding hydrogens is 456 g/mol. The minimum absolute atomic E-state index is 0.184. The van der Waals surface area contributed by atoms with Crippen LogP contribution in [0.2, 0.25) is 0 Å². The van der Waals surface area contributed by atoms with E-state index in [0.29, 0.717) is 38.1 Å². The molecule has 0 aliphatic carbocycles. The van der Waals surface area contributed by atoms with Crippen molar-refractivity contribution in [3.63, 3.8) is 0 Å². The molecule has 166 valence electrons. The molecule has 0 spiro atoms. The Morgan fingerprint density at radius 1 is 1.15 bits per heavy atom. The van der Waals surface area contributed by atoms with E-state index >= 15 is 0 Å². The number of hydrogen-bond donors (Lipinski definition) is 1. The number of rotatable bonds is 8. The summed E-state index contributed by atoms with van der Waals surface area (Å²) in [6.45, 7) is 2.49. The molecule has 1 amide bonds. The van der Waals surface area contributed by atoms with Crippen molar-refractivity contribution in [2.45, 2.75) is 36.4 Å². The third-order valence-electron chi connectivity index (χ3n) is 4.88. The topological polar surface area (TPSA) is 114 Å². The van der Waals surface area contributed by atoms with Crippen LogP contribution < -0.4 is 10.9 Å². The minimum Gasteiger partial charge on any atom is -0.295 e. The number of aromatic nitrogens is 4. The fourth-order valence-electron chi connectivity index (χ4n) is 3.16. The molecule has 0 unspecified atom stereocenters. The molecular formula is C23H20N6O2S2. The van der Waals surface area contributed by atoms with Gasteiger partial charge < -0.3 is 0 Å². The van der Waals surface area contributed by atoms with Crippen molar-refractivity contribution >= 4 is 44.9 Å². The van der Waals surface area contributed by atoms with Gasteiger partial charge in [0.15, 0.2) is 10.0 Å². The van der Waals surface area contributed by atoms with E-state index in [1.165, 1.54) is 27.8 Å². The van der Waals surface area contributed by atoms with E-state index in [4.69, 9.17) is 5.26 Å². The minimum atomic E-state index is -0.434. The van der Waals surface area contributed by atoms with Gasteiger partial charge in [0.2, 0.25) is 5.13 Å². The molecule has 33 heavy (non-hydrogen) atoms. The Morgan fingerprint density at radius 3 is 2.64 bits per heavy atom. The van der Waals surface area contributed by atoms with Crippen LogP contribution in [0.15, 0.2) is 57.7 Å². The number of aryl methyl sites for hydroxylation is 1. The second-order valence-electron chi connectivity index (χ2n) is 7.20. The Balaban J connectivity index is 1.50. The summed E-state index contributed by atoms with van der Waals surface area (Å²) in [6, 6.07) is 16.4. The van der Waals surface area contributed by atoms with Crippen LogP contribution >= 0.6 is 23.1 Å². The first-order valence-electron chi connectivity index (χ1n) is 10.4. The number of nitrogens with one attached hydrogen (secondary N) is 1. The third kappa shape index (κ3) is 5.27. The third-order valence-corrected chi connectivity index (χ3v) is 6.92. The van der Waals surface area contributed by atoms with Crippen molar-refractivity contribution in [1.82, 2.24) is 20.0 Å². The highest BCUT2D eigenvalue weighted by Crippen LogP contribution is 2.28. The van der Waals surface area contributed by atoms with E-state index in [9.17, 15) is 9.59 Å². The predicted octanol–water partition coefficient (Wildman–Crippen LogP) is 4.46. The predicted molar refractivity (Wildman–Crippen MR) is 129 cm³/mol. The second-order valence-corrected chi connectivity index (χ2v) is 9.40. The smallest absolute Gasteiger partial charge is 0.278 e. The summed E-state index contributed by atoms with van der Waals surface area (Å²) in [5.74, 6) is 0.235. The molecule has 0 fully saturated rings. The van der Waals surface area contributed by atoms with Gasteiger partial charge in [0.1, 0.15) is 0 Å². The number of nitrogens with zero attached hydrogens (tertiary/aromatic N) is 5. The molecule has 2 aromatic carbocycles. The number of hydrogen-bond acceptors (Lipinski definition) is 8. The zero-order valence-electron chi connectivity index (χ0n) is 17.8. The van der Waals surface area contributed by atoms with Crippen molar-refractivity contribution in [2.75, 3.05) is 5.32 Å². The number of nitriles is 1. The van der Waals surface area contributed by atoms with Gasteiger partial charge in [-0.05, 0) is 30.2 Å². The molecule has 0 radical (unpaired) electrons. The van der Waals surface area contributed by atoms with Crippen LogP contribution in [0, 0.1) is 11.3 Å². The largest absolute Gasteiger partial charge is 0.295 e. The summed E-state index contributed by atoms with van der Waals surface area (Å²) in [4.78, 5) is 25.8. The highest BCUT2D eigenvalue weighted by atomic mass is 32.2. The van der Waals surface area contributed by atoms with Crippen LogP contribution in [0.1, 0.15) is 41.4 Å². The molecule has 0 saturated heterocycles. The number of carbonyl (C=O) groups excluding carboxylic acids is 1. The summed E-state index contributed by atoms with van der Waals surface area (Å²) in [5, 5.41) is 25.5. The van der Waals surface area contributed by atoms with Gasteiger partial charge in [-0.2, -0.15) is 10.4 Å². The number of benzene rings is 2. The summed E-state index contributed by atoms with van der Waals surface area (Å²) in [6.07, 6.45) is 1.71. The molecule has 10 heteroatoms. The van der Waals surface area contributed by atoms with Crippen LogP contribution in [0.4, 0.5) is 5.13 Å². The van der Waals surface area contributed by atoms with Gasteiger partial charge in [0.05, 0.1) is 17.0 Å². The number of unbranched alkanes of at least 4 members (excludes halogenated alkanes) is 1. The van der Waals surface area contributed by atoms with Gasteiger partial charge in [0.25, 0.3) is 11.5 Å². The van der Waals surface area contributed by atoms with Crippen LogP contribution in [0.5, 0.6) is 0 Å². The summed E-state index contributed by atoms with van der Waals surface area (Å²) in [5.41, 5.74) is 1.66. The average molecular weight is 477 g/mol. The van der Waals surface area contributed by atoms with E-state index < -0.39 is 5.91 Å². The van der Waals surface area contributed by atoms with Gasteiger partial charge >= 0.3 is 0 Å². The number of amides is 1. The molecule has 0 saturated carbocycles. The fourth-order valence-corrected chi connectivity index (χ4v) is 4.86. The molecule has 8 nitrogen and oxygen atoms in total. The molecule has 2 aromatic heterocycles. The Hall–Kier alpha value is -3.55. The number of thioether (sulfide) groups is 1. The zero-order valence-corrected chi connectivity index (χ0v) is 19.4. The van der Waals surface area contributed by atoms with Gasteiger partial charge in [-0.15, -0.1) is 10.2 Å². The van der Waals surface area contributed by atoms with Crippen molar-refractivity contribution < 1.29 is 4.79 Å². The monoisotopic (exact) mass is 476 g/mol. The summed E-state index contributed by atoms with van der Waals surface area (Å²) in [7, 11) is 0. The summed E-state index contributed by atoms with van der Waals surface area (Å²) >= 11 is 2.77. The maximum absolute atomic E-state index is 13.0. The highest BCUT2D eigenvalue weighted by molar-refractivity contribution is 8.00. The van der Waals surface area contributed by atoms with Gasteiger partial charge in [-0.1, -0.05) is 66.8 Å². The number of carbonyl (C=O) groups is 1. The first-order valence-corrected chi connectivity index (χ1v) is 12.2. The Bertz CT molecular complexity index is 1390. The van der Waals surface area contributed by atoms with Gasteiger partial charge in [0, 0.05) is 17.7 Å². The molecule has 0 bridgehead atoms. The van der Waals surface area contributed by atoms with E-state index in [0.717, 1.165) is 18.4 Å². The van der Waals surface area contributed by atoms with Gasteiger partial charge in [-0.3, -0.25) is 14.9 Å². The molecule has 0 aliphatic rings. The summed E-state index contributed by atoms with van der Waals surface area (Å²) < 4.78 is 2.07. The standard InChI is InChI=1S/C23H20N6O2S2/c1-2-3-12-29-21(31)18-7-5-4-6-17(18)19(28-29)20(30)25-22-26-27-23(33-22)32-14-16-10-8-15(13-24)9-11-16/h4-11H,2-3,12,14H2,1H3,(H,25,26,30). The Kier molecular flexibility index (Phi) is 7.12. The molecule has 2 heterocycles. The maximum Gasteiger partial charge on any atom is 0.278 e. The van der Waals surface area contributed by atoms with E-state index in [2.05, 4.69) is 26.7 Å². The first kappa shape index (κ1) is 22.6. The zero-order chi connectivity index (χ0) is 23.2. The highest BCUT2D eigenvalue weighted by Gasteiger charge is 2.18. The van der Waals surface area contributed by atoms with Gasteiger partial charge in [-0.25, -0.2) is 4.68 Å². The lowest BCUT2D eigenvalue weighted by Crippen LogP contribution is -2.27. The molecule has 0 aliphatic heterocycles. The van der Waals surface area contributed by atoms with E-state index in [-0.39, 0.29) is 11.3 Å². The quantitative estimate of drug-likeness (QED) is 0.295. The first-order chi connectivity index (χ1) is 16.1. The molecule has 0 atom stereocenters. The number of fused-ring (bicyclic) bond motifs is 1. The van der Waals surface area contributed by atoms with Crippen LogP contribution in [-0.4, -0.2) is 25.9 Å². The normalized spacial score (nSPS) is 10.8. The number of anilines is 1. The lowest BCUT2D eigenvalue weighted by molar-refractivity contribution is 0.102. The lowest BCUT2D eigenvalue weighted by atomic mass is 10.1. The van der Waals surface area contributed by atoms with Crippen LogP contribution in [-0.2, 0) is 12.3 Å².